The quantitative estimate of drug-likeness (QED) is 0.608. The third-order valence-corrected chi connectivity index (χ3v) is 4.68. The van der Waals surface area contributed by atoms with Gasteiger partial charge in [0.25, 0.3) is 0 Å². The van der Waals surface area contributed by atoms with Crippen molar-refractivity contribution < 1.29 is 32.2 Å². The molecule has 0 aromatic heterocycles. The van der Waals surface area contributed by atoms with Gasteiger partial charge in [-0.2, -0.15) is 0 Å². The molecule has 0 radical (unpaired) electrons. The Bertz CT molecular complexity index is 540. The van der Waals surface area contributed by atoms with Gasteiger partial charge in [0.2, 0.25) is 10.0 Å². The number of hydrogen-bond acceptors (Lipinski definition) is 7. The van der Waals surface area contributed by atoms with E-state index in [1.165, 1.54) is 0 Å². The van der Waals surface area contributed by atoms with Crippen LogP contribution in [0, 0.1) is 0 Å². The van der Waals surface area contributed by atoms with Gasteiger partial charge in [-0.25, -0.2) is 22.3 Å². The smallest absolute Gasteiger partial charge is 0.443 e. The van der Waals surface area contributed by atoms with Gasteiger partial charge in [-0.15, -0.1) is 0 Å². The first-order valence-corrected chi connectivity index (χ1v) is 9.65. The highest BCUT2D eigenvalue weighted by atomic mass is 32.2. The van der Waals surface area contributed by atoms with E-state index >= 15 is 0 Å². The average Bonchev–Trinajstić information content (AvgIpc) is 2.41. The van der Waals surface area contributed by atoms with Gasteiger partial charge >= 0.3 is 12.2 Å². The Kier molecular flexibility index (Phi) is 8.01. The Balaban J connectivity index is 4.74. The van der Waals surface area contributed by atoms with Crippen LogP contribution in [0.25, 0.3) is 0 Å². The second-order valence-electron chi connectivity index (χ2n) is 6.63. The van der Waals surface area contributed by atoms with Crippen molar-refractivity contribution in [3.8, 4) is 0 Å². The summed E-state index contributed by atoms with van der Waals surface area (Å²) in [7, 11) is -3.86. The second kappa shape index (κ2) is 8.55. The lowest BCUT2D eigenvalue weighted by atomic mass is 10.1. The normalized spacial score (nSPS) is 12.5. The molecule has 0 aromatic rings. The fraction of sp³-hybridized carbons (Fsp3) is 0.867. The van der Waals surface area contributed by atoms with Gasteiger partial charge in [0.05, 0.1) is 12.8 Å². The molecular weight excluding hydrogens is 338 g/mol. The van der Waals surface area contributed by atoms with Crippen LogP contribution < -0.4 is 0 Å². The Morgan fingerprint density at radius 3 is 1.83 bits per heavy atom. The van der Waals surface area contributed by atoms with E-state index in [1.807, 2.05) is 13.8 Å². The molecule has 0 spiro atoms. The number of rotatable bonds is 8. The Morgan fingerprint density at radius 1 is 0.958 bits per heavy atom. The number of ether oxygens (including phenoxy) is 3. The maximum absolute atomic E-state index is 12.1. The molecule has 0 aliphatic rings. The predicted octanol–water partition coefficient (Wildman–Crippen LogP) is 2.92. The second-order valence-corrected chi connectivity index (χ2v) is 8.54. The summed E-state index contributed by atoms with van der Waals surface area (Å²) in [6.45, 7) is 9.78. The SMILES string of the molecule is CCC(C)(C)OC(=O)OCCN(C(=O)OC(C)(C)CC)S(C)(=O)=O. The van der Waals surface area contributed by atoms with E-state index in [0.29, 0.717) is 17.1 Å². The fourth-order valence-electron chi connectivity index (χ4n) is 1.29. The van der Waals surface area contributed by atoms with Crippen LogP contribution in [0.1, 0.15) is 54.4 Å². The molecule has 0 aliphatic carbocycles. The number of sulfonamides is 1. The van der Waals surface area contributed by atoms with Crippen LogP contribution in [0.2, 0.25) is 0 Å². The zero-order valence-corrected chi connectivity index (χ0v) is 16.4. The van der Waals surface area contributed by atoms with Gasteiger partial charge in [0.1, 0.15) is 17.8 Å². The Hall–Kier alpha value is -1.51. The summed E-state index contributed by atoms with van der Waals surface area (Å²) in [4.78, 5) is 23.6. The summed E-state index contributed by atoms with van der Waals surface area (Å²) >= 11 is 0. The van der Waals surface area contributed by atoms with Crippen LogP contribution in [0.3, 0.4) is 0 Å². The topological polar surface area (TPSA) is 99.2 Å². The first-order chi connectivity index (χ1) is 10.7. The number of carbonyl (C=O) groups is 2. The molecule has 0 bridgehead atoms. The standard InChI is InChI=1S/C15H29NO7S/c1-8-14(3,4)22-12(17)16(24(7,19)20)10-11-21-13(18)23-15(5,6)9-2/h8-11H2,1-7H3. The first-order valence-electron chi connectivity index (χ1n) is 7.80. The summed E-state index contributed by atoms with van der Waals surface area (Å²) < 4.78 is 39.1. The molecule has 8 nitrogen and oxygen atoms in total. The van der Waals surface area contributed by atoms with E-state index in [9.17, 15) is 18.0 Å². The summed E-state index contributed by atoms with van der Waals surface area (Å²) in [5.41, 5.74) is -1.48. The van der Waals surface area contributed by atoms with E-state index in [-0.39, 0.29) is 13.2 Å². The van der Waals surface area contributed by atoms with Crippen molar-refractivity contribution in [2.45, 2.75) is 65.6 Å². The first kappa shape index (κ1) is 22.5. The lowest BCUT2D eigenvalue weighted by molar-refractivity contribution is -0.0208. The summed E-state index contributed by atoms with van der Waals surface area (Å²) in [6.07, 6.45) is 0.0697. The molecule has 0 atom stereocenters. The summed E-state index contributed by atoms with van der Waals surface area (Å²) in [5.74, 6) is 0. The minimum atomic E-state index is -3.86. The maximum atomic E-state index is 12.1. The van der Waals surface area contributed by atoms with Gasteiger partial charge in [-0.1, -0.05) is 13.8 Å². The number of nitrogens with zero attached hydrogens (tertiary/aromatic N) is 1. The number of amides is 1. The van der Waals surface area contributed by atoms with E-state index in [0.717, 1.165) is 6.26 Å². The van der Waals surface area contributed by atoms with Crippen LogP contribution in [-0.2, 0) is 24.2 Å². The lowest BCUT2D eigenvalue weighted by Crippen LogP contribution is -2.43. The van der Waals surface area contributed by atoms with Gasteiger partial charge in [-0.3, -0.25) is 0 Å². The molecule has 24 heavy (non-hydrogen) atoms. The Morgan fingerprint density at radius 2 is 1.42 bits per heavy atom. The van der Waals surface area contributed by atoms with E-state index in [2.05, 4.69) is 0 Å². The van der Waals surface area contributed by atoms with Gasteiger partial charge < -0.3 is 14.2 Å². The Labute approximate surface area is 144 Å². The van der Waals surface area contributed by atoms with E-state index < -0.39 is 33.5 Å². The zero-order chi connectivity index (χ0) is 19.2. The van der Waals surface area contributed by atoms with Crippen molar-refractivity contribution in [1.29, 1.82) is 0 Å². The molecule has 0 saturated carbocycles. The lowest BCUT2D eigenvalue weighted by Gasteiger charge is -2.28. The van der Waals surface area contributed by atoms with Gasteiger partial charge in [0.15, 0.2) is 0 Å². The molecule has 142 valence electrons. The molecule has 0 aliphatic heterocycles. The summed E-state index contributed by atoms with van der Waals surface area (Å²) in [5, 5.41) is 0. The molecule has 0 N–H and O–H groups in total. The minimum absolute atomic E-state index is 0.326. The number of hydrogen-bond donors (Lipinski definition) is 0. The molecule has 0 rings (SSSR count). The highest BCUT2D eigenvalue weighted by Crippen LogP contribution is 2.17. The van der Waals surface area contributed by atoms with Gasteiger partial charge in [0, 0.05) is 0 Å². The van der Waals surface area contributed by atoms with E-state index in [1.54, 1.807) is 27.7 Å². The molecule has 0 aromatic carbocycles. The highest BCUT2D eigenvalue weighted by Gasteiger charge is 2.30. The fourth-order valence-corrected chi connectivity index (χ4v) is 2.01. The molecule has 0 unspecified atom stereocenters. The molecule has 0 fully saturated rings. The van der Waals surface area contributed by atoms with Crippen molar-refractivity contribution in [3.63, 3.8) is 0 Å². The monoisotopic (exact) mass is 367 g/mol. The van der Waals surface area contributed by atoms with Crippen LogP contribution in [0.4, 0.5) is 9.59 Å². The molecular formula is C15H29NO7S. The average molecular weight is 367 g/mol. The third kappa shape index (κ3) is 8.37. The van der Waals surface area contributed by atoms with Crippen LogP contribution in [0.15, 0.2) is 0 Å². The predicted molar refractivity (Wildman–Crippen MR) is 89.2 cm³/mol. The van der Waals surface area contributed by atoms with Gasteiger partial charge in [-0.05, 0) is 40.5 Å². The number of carbonyl (C=O) groups excluding carboxylic acids is 2. The minimum Gasteiger partial charge on any atom is -0.443 e. The van der Waals surface area contributed by atoms with Crippen molar-refractivity contribution in [2.24, 2.45) is 0 Å². The molecule has 0 saturated heterocycles. The largest absolute Gasteiger partial charge is 0.508 e. The molecule has 0 heterocycles. The van der Waals surface area contributed by atoms with Crippen molar-refractivity contribution >= 4 is 22.3 Å². The summed E-state index contributed by atoms with van der Waals surface area (Å²) in [6, 6.07) is 0. The van der Waals surface area contributed by atoms with E-state index in [4.69, 9.17) is 14.2 Å². The van der Waals surface area contributed by atoms with Crippen LogP contribution >= 0.6 is 0 Å². The van der Waals surface area contributed by atoms with Crippen molar-refractivity contribution in [1.82, 2.24) is 4.31 Å². The van der Waals surface area contributed by atoms with Crippen molar-refractivity contribution in [3.05, 3.63) is 0 Å². The third-order valence-electron chi connectivity index (χ3n) is 3.54. The van der Waals surface area contributed by atoms with Crippen LogP contribution in [-0.4, -0.2) is 55.6 Å². The maximum Gasteiger partial charge on any atom is 0.508 e. The van der Waals surface area contributed by atoms with Crippen molar-refractivity contribution in [2.75, 3.05) is 19.4 Å². The highest BCUT2D eigenvalue weighted by molar-refractivity contribution is 7.88. The molecule has 1 amide bonds. The molecule has 9 heteroatoms. The van der Waals surface area contributed by atoms with Crippen LogP contribution in [0.5, 0.6) is 0 Å². The zero-order valence-electron chi connectivity index (χ0n) is 15.5.